The lowest BCUT2D eigenvalue weighted by atomic mass is 9.96. The van der Waals surface area contributed by atoms with Crippen molar-refractivity contribution in [3.05, 3.63) is 17.5 Å². The number of carbonyl (C=O) groups excluding carboxylic acids is 2. The van der Waals surface area contributed by atoms with Gasteiger partial charge >= 0.3 is 0 Å². The molecule has 1 aromatic rings. The van der Waals surface area contributed by atoms with Gasteiger partial charge in [0.2, 0.25) is 11.8 Å². The molecule has 2 heterocycles. The highest BCUT2D eigenvalue weighted by Crippen LogP contribution is 2.27. The lowest BCUT2D eigenvalue weighted by Gasteiger charge is -2.32. The summed E-state index contributed by atoms with van der Waals surface area (Å²) >= 11 is 1.20. The smallest absolute Gasteiger partial charge is 0.252 e. The van der Waals surface area contributed by atoms with E-state index in [1.165, 1.54) is 20.5 Å². The molecule has 0 radical (unpaired) electrons. The van der Waals surface area contributed by atoms with E-state index in [0.717, 1.165) is 0 Å². The van der Waals surface area contributed by atoms with E-state index in [0.29, 0.717) is 43.2 Å². The molecule has 0 aromatic carbocycles. The molecule has 1 aromatic heterocycles. The highest BCUT2D eigenvalue weighted by molar-refractivity contribution is 7.91. The highest BCUT2D eigenvalue weighted by Gasteiger charge is 2.34. The van der Waals surface area contributed by atoms with Crippen molar-refractivity contribution in [1.82, 2.24) is 14.1 Å². The maximum Gasteiger partial charge on any atom is 0.252 e. The number of piperidine rings is 1. The van der Waals surface area contributed by atoms with Gasteiger partial charge in [0.25, 0.3) is 10.0 Å². The van der Waals surface area contributed by atoms with E-state index in [9.17, 15) is 18.0 Å². The van der Waals surface area contributed by atoms with Crippen LogP contribution in [0.5, 0.6) is 0 Å². The minimum atomic E-state index is -3.46. The van der Waals surface area contributed by atoms with Gasteiger partial charge in [-0.15, -0.1) is 11.3 Å². The molecular formula is C17H27N3O4S2. The Balaban J connectivity index is 1.91. The number of rotatable bonds is 7. The van der Waals surface area contributed by atoms with E-state index >= 15 is 0 Å². The molecule has 1 fully saturated rings. The molecule has 0 unspecified atom stereocenters. The van der Waals surface area contributed by atoms with Crippen molar-refractivity contribution in [2.24, 2.45) is 5.92 Å². The molecule has 0 aliphatic carbocycles. The first kappa shape index (κ1) is 20.9. The van der Waals surface area contributed by atoms with Gasteiger partial charge in [0.05, 0.1) is 6.54 Å². The van der Waals surface area contributed by atoms with Crippen molar-refractivity contribution in [2.45, 2.75) is 30.9 Å². The molecule has 1 saturated heterocycles. The van der Waals surface area contributed by atoms with Crippen LogP contribution in [0.2, 0.25) is 0 Å². The fraction of sp³-hybridized carbons (Fsp3) is 0.647. The minimum absolute atomic E-state index is 0.0637. The third-order valence-corrected chi connectivity index (χ3v) is 8.03. The van der Waals surface area contributed by atoms with Gasteiger partial charge in [-0.05, 0) is 38.1 Å². The van der Waals surface area contributed by atoms with Gasteiger partial charge in [0.15, 0.2) is 0 Å². The number of hydrogen-bond acceptors (Lipinski definition) is 5. The maximum absolute atomic E-state index is 12.6. The molecule has 2 amide bonds. The third kappa shape index (κ3) is 4.63. The summed E-state index contributed by atoms with van der Waals surface area (Å²) < 4.78 is 26.9. The second-order valence-corrected chi connectivity index (χ2v) is 9.48. The Hall–Kier alpha value is -1.45. The lowest BCUT2D eigenvalue weighted by molar-refractivity contribution is -0.142. The second-order valence-electron chi connectivity index (χ2n) is 6.37. The van der Waals surface area contributed by atoms with Crippen molar-refractivity contribution in [3.63, 3.8) is 0 Å². The fourth-order valence-electron chi connectivity index (χ4n) is 3.15. The fourth-order valence-corrected chi connectivity index (χ4v) is 5.76. The number of amides is 2. The van der Waals surface area contributed by atoms with Crippen molar-refractivity contribution >= 4 is 33.2 Å². The number of likely N-dealkylation sites (N-methyl/N-ethyl adjacent to an activating group) is 2. The molecule has 0 saturated carbocycles. The van der Waals surface area contributed by atoms with E-state index in [-0.39, 0.29) is 24.3 Å². The first-order valence-electron chi connectivity index (χ1n) is 8.87. The van der Waals surface area contributed by atoms with Crippen LogP contribution in [0.4, 0.5) is 0 Å². The van der Waals surface area contributed by atoms with Gasteiger partial charge in [0.1, 0.15) is 4.21 Å². The van der Waals surface area contributed by atoms with Crippen LogP contribution >= 0.6 is 11.3 Å². The van der Waals surface area contributed by atoms with Crippen LogP contribution in [0.25, 0.3) is 0 Å². The van der Waals surface area contributed by atoms with Crippen molar-refractivity contribution in [1.29, 1.82) is 0 Å². The van der Waals surface area contributed by atoms with Crippen LogP contribution in [0.15, 0.2) is 21.7 Å². The Kier molecular flexibility index (Phi) is 7.19. The monoisotopic (exact) mass is 401 g/mol. The van der Waals surface area contributed by atoms with Gasteiger partial charge in [-0.1, -0.05) is 6.07 Å². The SMILES string of the molecule is CCN(CC)C(=O)CN(C)C(=O)C1CCN(S(=O)(=O)c2cccs2)CC1. The van der Waals surface area contributed by atoms with E-state index in [1.54, 1.807) is 29.5 Å². The molecule has 1 aliphatic rings. The molecule has 0 atom stereocenters. The number of carbonyl (C=O) groups is 2. The van der Waals surface area contributed by atoms with Crippen molar-refractivity contribution < 1.29 is 18.0 Å². The molecule has 0 spiro atoms. The van der Waals surface area contributed by atoms with Crippen LogP contribution < -0.4 is 0 Å². The van der Waals surface area contributed by atoms with Crippen LogP contribution in [-0.2, 0) is 19.6 Å². The zero-order valence-corrected chi connectivity index (χ0v) is 17.2. The average Bonchev–Trinajstić information content (AvgIpc) is 3.17. The Bertz CT molecular complexity index is 706. The second kappa shape index (κ2) is 8.96. The van der Waals surface area contributed by atoms with E-state index < -0.39 is 10.0 Å². The van der Waals surface area contributed by atoms with E-state index in [2.05, 4.69) is 0 Å². The van der Waals surface area contributed by atoms with Gasteiger partial charge in [0, 0.05) is 39.1 Å². The lowest BCUT2D eigenvalue weighted by Crippen LogP contribution is -2.46. The Morgan fingerprint density at radius 3 is 2.35 bits per heavy atom. The molecule has 26 heavy (non-hydrogen) atoms. The molecule has 0 N–H and O–H groups in total. The quantitative estimate of drug-likeness (QED) is 0.693. The summed E-state index contributed by atoms with van der Waals surface area (Å²) in [5, 5.41) is 1.74. The predicted molar refractivity (Wildman–Crippen MR) is 101 cm³/mol. The minimum Gasteiger partial charge on any atom is -0.342 e. The molecule has 0 bridgehead atoms. The standard InChI is InChI=1S/C17H27N3O4S2/c1-4-19(5-2)15(21)13-18(3)17(22)14-8-10-20(11-9-14)26(23,24)16-7-6-12-25-16/h6-7,12,14H,4-5,8-11,13H2,1-3H3. The molecule has 146 valence electrons. The number of nitrogens with zero attached hydrogens (tertiary/aromatic N) is 3. The van der Waals surface area contributed by atoms with Crippen LogP contribution in [0.1, 0.15) is 26.7 Å². The maximum atomic E-state index is 12.6. The molecule has 1 aliphatic heterocycles. The summed E-state index contributed by atoms with van der Waals surface area (Å²) in [4.78, 5) is 27.9. The number of hydrogen-bond donors (Lipinski definition) is 0. The molecule has 7 nitrogen and oxygen atoms in total. The summed E-state index contributed by atoms with van der Waals surface area (Å²) in [5.41, 5.74) is 0. The zero-order valence-electron chi connectivity index (χ0n) is 15.6. The highest BCUT2D eigenvalue weighted by atomic mass is 32.2. The van der Waals surface area contributed by atoms with Crippen molar-refractivity contribution in [2.75, 3.05) is 39.8 Å². The normalized spacial score (nSPS) is 16.4. The van der Waals surface area contributed by atoms with E-state index in [1.807, 2.05) is 13.8 Å². The van der Waals surface area contributed by atoms with Gasteiger partial charge in [-0.25, -0.2) is 8.42 Å². The number of thiophene rings is 1. The van der Waals surface area contributed by atoms with Gasteiger partial charge in [-0.2, -0.15) is 4.31 Å². The van der Waals surface area contributed by atoms with E-state index in [4.69, 9.17) is 0 Å². The Morgan fingerprint density at radius 1 is 1.23 bits per heavy atom. The van der Waals surface area contributed by atoms with Gasteiger partial charge < -0.3 is 9.80 Å². The molecule has 2 rings (SSSR count). The Labute approximate surface area is 159 Å². The summed E-state index contributed by atoms with van der Waals surface area (Å²) in [6, 6.07) is 3.32. The first-order chi connectivity index (χ1) is 12.3. The third-order valence-electron chi connectivity index (χ3n) is 4.76. The largest absolute Gasteiger partial charge is 0.342 e. The Morgan fingerprint density at radius 2 is 1.85 bits per heavy atom. The summed E-state index contributed by atoms with van der Waals surface area (Å²) in [6.07, 6.45) is 0.959. The van der Waals surface area contributed by atoms with Crippen LogP contribution in [0.3, 0.4) is 0 Å². The topological polar surface area (TPSA) is 78.0 Å². The van der Waals surface area contributed by atoms with Crippen molar-refractivity contribution in [3.8, 4) is 0 Å². The zero-order chi connectivity index (χ0) is 19.3. The van der Waals surface area contributed by atoms with Crippen LogP contribution in [-0.4, -0.2) is 74.1 Å². The summed E-state index contributed by atoms with van der Waals surface area (Å²) in [7, 11) is -1.82. The first-order valence-corrected chi connectivity index (χ1v) is 11.2. The van der Waals surface area contributed by atoms with Gasteiger partial charge in [-0.3, -0.25) is 9.59 Å². The summed E-state index contributed by atoms with van der Waals surface area (Å²) in [5.74, 6) is -0.387. The van der Waals surface area contributed by atoms with Crippen LogP contribution in [0, 0.1) is 5.92 Å². The number of sulfonamides is 1. The molecule has 9 heteroatoms. The summed E-state index contributed by atoms with van der Waals surface area (Å²) in [6.45, 7) is 5.78. The average molecular weight is 402 g/mol. The predicted octanol–water partition coefficient (Wildman–Crippen LogP) is 1.48. The molecular weight excluding hydrogens is 374 g/mol.